The third kappa shape index (κ3) is 4.34. The summed E-state index contributed by atoms with van der Waals surface area (Å²) in [6.45, 7) is 10.2. The molecular formula is C22H28O8. The molecule has 0 spiro atoms. The van der Waals surface area contributed by atoms with Gasteiger partial charge < -0.3 is 24.1 Å². The number of esters is 3. The minimum atomic E-state index is -0.921. The van der Waals surface area contributed by atoms with Gasteiger partial charge in [-0.2, -0.15) is 0 Å². The molecule has 1 aliphatic carbocycles. The average Bonchev–Trinajstić information content (AvgIpc) is 3.27. The maximum absolute atomic E-state index is 12.6. The smallest absolute Gasteiger partial charge is 0.334 e. The van der Waals surface area contributed by atoms with Crippen molar-refractivity contribution < 1.29 is 38.4 Å². The van der Waals surface area contributed by atoms with E-state index in [0.717, 1.165) is 0 Å². The van der Waals surface area contributed by atoms with Crippen LogP contribution in [0.1, 0.15) is 40.5 Å². The van der Waals surface area contributed by atoms with E-state index in [-0.39, 0.29) is 31.1 Å². The summed E-state index contributed by atoms with van der Waals surface area (Å²) in [6.07, 6.45) is 1.04. The van der Waals surface area contributed by atoms with Gasteiger partial charge in [0.1, 0.15) is 24.4 Å². The predicted molar refractivity (Wildman–Crippen MR) is 105 cm³/mol. The molecule has 0 aromatic carbocycles. The highest BCUT2D eigenvalue weighted by Gasteiger charge is 2.61. The first kappa shape index (κ1) is 22.2. The van der Waals surface area contributed by atoms with Gasteiger partial charge in [0.25, 0.3) is 0 Å². The summed E-state index contributed by atoms with van der Waals surface area (Å²) in [5, 5.41) is 10.5. The van der Waals surface area contributed by atoms with E-state index in [9.17, 15) is 19.5 Å². The molecule has 8 heteroatoms. The number of fused-ring (bicyclic) bond motifs is 2. The van der Waals surface area contributed by atoms with Crippen LogP contribution in [0, 0.1) is 5.92 Å². The lowest BCUT2D eigenvalue weighted by Gasteiger charge is -2.30. The molecule has 1 N–H and O–H groups in total. The summed E-state index contributed by atoms with van der Waals surface area (Å²) in [4.78, 5) is 36.2. The number of hydrogen-bond donors (Lipinski definition) is 1. The second-order valence-corrected chi connectivity index (χ2v) is 8.15. The van der Waals surface area contributed by atoms with Gasteiger partial charge >= 0.3 is 17.9 Å². The number of carbonyl (C=O) groups excluding carboxylic acids is 3. The fourth-order valence-electron chi connectivity index (χ4n) is 3.97. The van der Waals surface area contributed by atoms with Crippen LogP contribution >= 0.6 is 0 Å². The lowest BCUT2D eigenvalue weighted by atomic mass is 9.81. The number of aliphatic hydroxyl groups excluding tert-OH is 1. The fourth-order valence-corrected chi connectivity index (χ4v) is 3.97. The Labute approximate surface area is 175 Å². The first-order chi connectivity index (χ1) is 14.1. The monoisotopic (exact) mass is 420 g/mol. The Balaban J connectivity index is 2.00. The Kier molecular flexibility index (Phi) is 6.19. The zero-order valence-corrected chi connectivity index (χ0v) is 17.7. The largest absolute Gasteiger partial charge is 0.463 e. The molecule has 0 aromatic rings. The van der Waals surface area contributed by atoms with E-state index in [1.165, 1.54) is 6.92 Å². The normalized spacial score (nSPS) is 37.8. The van der Waals surface area contributed by atoms with Crippen molar-refractivity contribution >= 4 is 17.9 Å². The Morgan fingerprint density at radius 2 is 2.10 bits per heavy atom. The van der Waals surface area contributed by atoms with E-state index in [0.29, 0.717) is 11.1 Å². The molecule has 164 valence electrons. The van der Waals surface area contributed by atoms with Gasteiger partial charge in [-0.1, -0.05) is 12.7 Å². The second-order valence-electron chi connectivity index (χ2n) is 8.15. The van der Waals surface area contributed by atoms with Crippen LogP contribution in [-0.2, 0) is 33.3 Å². The van der Waals surface area contributed by atoms with Gasteiger partial charge in [0, 0.05) is 30.9 Å². The molecule has 2 aliphatic heterocycles. The van der Waals surface area contributed by atoms with Crippen LogP contribution in [0.2, 0.25) is 0 Å². The standard InChI is InChI=1S/C22H28O8/c1-6-11(2)20(25)29-17-9-22(10-27-14(5)23)18(30-22)8-15(24)12(3)7-16-19(17)13(4)21(26)28-16/h6-7,15-19,24H,4,8-10H2,1-3,5H3/b11-6-,12-7-/t15-,16-,17+,18-,19-,22-/m0/s1. The van der Waals surface area contributed by atoms with E-state index in [4.69, 9.17) is 18.9 Å². The van der Waals surface area contributed by atoms with E-state index >= 15 is 0 Å². The van der Waals surface area contributed by atoms with Crippen LogP contribution in [0.25, 0.3) is 0 Å². The minimum absolute atomic E-state index is 0.0439. The highest BCUT2D eigenvalue weighted by Crippen LogP contribution is 2.48. The van der Waals surface area contributed by atoms with Crippen LogP contribution in [0.15, 0.2) is 35.5 Å². The quantitative estimate of drug-likeness (QED) is 0.241. The topological polar surface area (TPSA) is 112 Å². The van der Waals surface area contributed by atoms with Gasteiger partial charge in [-0.3, -0.25) is 4.79 Å². The third-order valence-corrected chi connectivity index (χ3v) is 6.04. The highest BCUT2D eigenvalue weighted by molar-refractivity contribution is 5.92. The maximum atomic E-state index is 12.6. The molecule has 2 fully saturated rings. The Morgan fingerprint density at radius 3 is 2.73 bits per heavy atom. The molecule has 8 nitrogen and oxygen atoms in total. The number of rotatable bonds is 4. The molecule has 0 bridgehead atoms. The molecule has 3 aliphatic rings. The molecule has 3 rings (SSSR count). The van der Waals surface area contributed by atoms with Crippen molar-refractivity contribution in [2.45, 2.75) is 70.6 Å². The van der Waals surface area contributed by atoms with E-state index < -0.39 is 47.7 Å². The SMILES string of the molecule is C=C1C(=O)O[C@H]2/C=C(/C)[C@@H](O)C[C@@H]3O[C@]3(COC(C)=O)C[C@@H](OC(=O)/C(C)=C\C)[C@@H]12. The summed E-state index contributed by atoms with van der Waals surface area (Å²) in [7, 11) is 0. The average molecular weight is 420 g/mol. The van der Waals surface area contributed by atoms with Crippen LogP contribution in [-0.4, -0.2) is 59.6 Å². The minimum Gasteiger partial charge on any atom is -0.463 e. The van der Waals surface area contributed by atoms with Crippen molar-refractivity contribution in [2.24, 2.45) is 5.92 Å². The lowest BCUT2D eigenvalue weighted by molar-refractivity contribution is -0.151. The van der Waals surface area contributed by atoms with Crippen LogP contribution in [0.4, 0.5) is 0 Å². The summed E-state index contributed by atoms with van der Waals surface area (Å²) < 4.78 is 22.3. The van der Waals surface area contributed by atoms with Gasteiger partial charge in [-0.05, 0) is 32.4 Å². The molecule has 0 radical (unpaired) electrons. The summed E-state index contributed by atoms with van der Waals surface area (Å²) in [6, 6.07) is 0. The van der Waals surface area contributed by atoms with Crippen molar-refractivity contribution in [1.29, 1.82) is 0 Å². The summed E-state index contributed by atoms with van der Waals surface area (Å²) in [5.74, 6) is -2.21. The molecule has 2 heterocycles. The fraction of sp³-hybridized carbons (Fsp3) is 0.591. The predicted octanol–water partition coefficient (Wildman–Crippen LogP) is 1.76. The summed E-state index contributed by atoms with van der Waals surface area (Å²) in [5.41, 5.74) is 0.301. The third-order valence-electron chi connectivity index (χ3n) is 6.04. The van der Waals surface area contributed by atoms with Gasteiger partial charge in [0.2, 0.25) is 0 Å². The van der Waals surface area contributed by atoms with Gasteiger partial charge in [-0.15, -0.1) is 0 Å². The number of allylic oxidation sites excluding steroid dienone is 1. The number of hydrogen-bond acceptors (Lipinski definition) is 8. The zero-order valence-electron chi connectivity index (χ0n) is 17.7. The first-order valence-corrected chi connectivity index (χ1v) is 9.99. The van der Waals surface area contributed by atoms with Crippen LogP contribution in [0.3, 0.4) is 0 Å². The Morgan fingerprint density at radius 1 is 1.40 bits per heavy atom. The van der Waals surface area contributed by atoms with Gasteiger partial charge in [0.05, 0.1) is 18.1 Å². The number of aliphatic hydroxyl groups is 1. The van der Waals surface area contributed by atoms with Crippen molar-refractivity contribution in [3.05, 3.63) is 35.5 Å². The molecule has 30 heavy (non-hydrogen) atoms. The van der Waals surface area contributed by atoms with Crippen molar-refractivity contribution in [3.63, 3.8) is 0 Å². The molecular weight excluding hydrogens is 392 g/mol. The molecule has 0 aromatic heterocycles. The molecule has 6 atom stereocenters. The lowest BCUT2D eigenvalue weighted by Crippen LogP contribution is -2.40. The number of ether oxygens (including phenoxy) is 4. The van der Waals surface area contributed by atoms with E-state index in [2.05, 4.69) is 6.58 Å². The number of carbonyl (C=O) groups is 3. The highest BCUT2D eigenvalue weighted by atomic mass is 16.6. The number of epoxide rings is 1. The van der Waals surface area contributed by atoms with Crippen molar-refractivity contribution in [3.8, 4) is 0 Å². The second kappa shape index (κ2) is 8.35. The van der Waals surface area contributed by atoms with Crippen LogP contribution < -0.4 is 0 Å². The van der Waals surface area contributed by atoms with Gasteiger partial charge in [-0.25, -0.2) is 9.59 Å². The zero-order chi connectivity index (χ0) is 22.2. The molecule has 0 unspecified atom stereocenters. The Bertz CT molecular complexity index is 825. The van der Waals surface area contributed by atoms with Crippen molar-refractivity contribution in [1.82, 2.24) is 0 Å². The molecule has 0 saturated carbocycles. The van der Waals surface area contributed by atoms with Crippen LogP contribution in [0.5, 0.6) is 0 Å². The van der Waals surface area contributed by atoms with E-state index in [1.54, 1.807) is 32.9 Å². The van der Waals surface area contributed by atoms with Crippen molar-refractivity contribution in [2.75, 3.05) is 6.61 Å². The van der Waals surface area contributed by atoms with Gasteiger partial charge in [0.15, 0.2) is 0 Å². The first-order valence-electron chi connectivity index (χ1n) is 9.99. The maximum Gasteiger partial charge on any atom is 0.334 e. The molecule has 0 amide bonds. The van der Waals surface area contributed by atoms with E-state index in [1.807, 2.05) is 0 Å². The Hall–Kier alpha value is -2.45. The molecule has 2 saturated heterocycles. The summed E-state index contributed by atoms with van der Waals surface area (Å²) >= 11 is 0.